The number of hydrogen-bond donors (Lipinski definition) is 1. The van der Waals surface area contributed by atoms with E-state index in [1.54, 1.807) is 18.2 Å². The quantitative estimate of drug-likeness (QED) is 0.490. The molecular formula is C22H17N5O3. The first-order chi connectivity index (χ1) is 14.7. The molecule has 5 aromatic rings. The molecule has 0 fully saturated rings. The van der Waals surface area contributed by atoms with Gasteiger partial charge >= 0.3 is 0 Å². The van der Waals surface area contributed by atoms with Crippen LogP contribution in [0.25, 0.3) is 27.5 Å². The van der Waals surface area contributed by atoms with E-state index in [0.717, 1.165) is 21.0 Å². The van der Waals surface area contributed by atoms with Gasteiger partial charge in [0, 0.05) is 5.56 Å². The maximum Gasteiger partial charge on any atom is 0.293 e. The average Bonchev–Trinajstić information content (AvgIpc) is 3.44. The van der Waals surface area contributed by atoms with Gasteiger partial charge in [0.25, 0.3) is 5.56 Å². The van der Waals surface area contributed by atoms with E-state index in [4.69, 9.17) is 4.42 Å². The van der Waals surface area contributed by atoms with E-state index in [1.165, 1.54) is 17.1 Å². The van der Waals surface area contributed by atoms with Gasteiger partial charge in [-0.1, -0.05) is 42.5 Å². The van der Waals surface area contributed by atoms with E-state index in [-0.39, 0.29) is 24.6 Å². The Hall–Kier alpha value is -4.20. The Balaban J connectivity index is 1.45. The maximum absolute atomic E-state index is 12.8. The van der Waals surface area contributed by atoms with Gasteiger partial charge in [-0.05, 0) is 29.0 Å². The SMILES string of the molecule is O=C(Cn1ncn2nc(-c3cccc4ccccc34)cc2c1=O)NCc1ccco1. The molecule has 1 amide bonds. The fourth-order valence-corrected chi connectivity index (χ4v) is 3.42. The number of carbonyl (C=O) groups is 1. The van der Waals surface area contributed by atoms with Crippen LogP contribution in [0.5, 0.6) is 0 Å². The van der Waals surface area contributed by atoms with Gasteiger partial charge in [-0.2, -0.15) is 10.2 Å². The number of nitrogens with one attached hydrogen (secondary N) is 1. The summed E-state index contributed by atoms with van der Waals surface area (Å²) in [5.41, 5.74) is 1.57. The molecule has 0 unspecified atom stereocenters. The Labute approximate surface area is 170 Å². The van der Waals surface area contributed by atoms with Gasteiger partial charge in [0.15, 0.2) is 0 Å². The number of nitrogens with zero attached hydrogens (tertiary/aromatic N) is 4. The summed E-state index contributed by atoms with van der Waals surface area (Å²) in [4.78, 5) is 25.0. The standard InChI is InChI=1S/C22H17N5O3/c28-21(23-12-16-7-4-10-30-16)13-26-22(29)20-11-19(25-27(20)14-24-26)18-9-3-6-15-5-1-2-8-17(15)18/h1-11,14H,12-13H2,(H,23,28). The number of amides is 1. The van der Waals surface area contributed by atoms with Crippen LogP contribution in [0.15, 0.2) is 82.5 Å². The van der Waals surface area contributed by atoms with Gasteiger partial charge in [-0.3, -0.25) is 9.59 Å². The lowest BCUT2D eigenvalue weighted by Gasteiger charge is -2.05. The van der Waals surface area contributed by atoms with E-state index in [1.807, 2.05) is 42.5 Å². The molecule has 0 atom stereocenters. The van der Waals surface area contributed by atoms with Crippen LogP contribution in [0.1, 0.15) is 5.76 Å². The Morgan fingerprint density at radius 3 is 2.80 bits per heavy atom. The maximum atomic E-state index is 12.8. The molecule has 3 aromatic heterocycles. The van der Waals surface area contributed by atoms with Crippen LogP contribution in [-0.2, 0) is 17.9 Å². The van der Waals surface area contributed by atoms with Crippen LogP contribution in [-0.4, -0.2) is 25.3 Å². The van der Waals surface area contributed by atoms with Crippen molar-refractivity contribution in [2.45, 2.75) is 13.1 Å². The van der Waals surface area contributed by atoms with Crippen LogP contribution in [0.3, 0.4) is 0 Å². The summed E-state index contributed by atoms with van der Waals surface area (Å²) in [6.45, 7) is 0.0611. The number of rotatable bonds is 5. The van der Waals surface area contributed by atoms with Crippen molar-refractivity contribution in [1.29, 1.82) is 0 Å². The van der Waals surface area contributed by atoms with Crippen molar-refractivity contribution in [3.63, 3.8) is 0 Å². The molecule has 8 heteroatoms. The van der Waals surface area contributed by atoms with Crippen LogP contribution in [0.2, 0.25) is 0 Å². The summed E-state index contributed by atoms with van der Waals surface area (Å²) in [7, 11) is 0. The topological polar surface area (TPSA) is 94.4 Å². The summed E-state index contributed by atoms with van der Waals surface area (Å²) >= 11 is 0. The number of aromatic nitrogens is 4. The summed E-state index contributed by atoms with van der Waals surface area (Å²) < 4.78 is 7.75. The Kier molecular flexibility index (Phi) is 4.36. The molecule has 0 bridgehead atoms. The van der Waals surface area contributed by atoms with Crippen LogP contribution in [0.4, 0.5) is 0 Å². The van der Waals surface area contributed by atoms with E-state index in [9.17, 15) is 9.59 Å². The third kappa shape index (κ3) is 3.24. The van der Waals surface area contributed by atoms with Crippen molar-refractivity contribution >= 4 is 22.2 Å². The van der Waals surface area contributed by atoms with Gasteiger partial charge < -0.3 is 9.73 Å². The van der Waals surface area contributed by atoms with E-state index >= 15 is 0 Å². The number of fused-ring (bicyclic) bond motifs is 2. The Morgan fingerprint density at radius 1 is 1.07 bits per heavy atom. The normalized spacial score (nSPS) is 11.2. The van der Waals surface area contributed by atoms with Gasteiger partial charge in [0.1, 0.15) is 24.1 Å². The Morgan fingerprint density at radius 2 is 1.93 bits per heavy atom. The van der Waals surface area contributed by atoms with E-state index < -0.39 is 0 Å². The van der Waals surface area contributed by atoms with Crippen LogP contribution < -0.4 is 10.9 Å². The van der Waals surface area contributed by atoms with Gasteiger partial charge in [0.2, 0.25) is 5.91 Å². The monoisotopic (exact) mass is 399 g/mol. The summed E-state index contributed by atoms with van der Waals surface area (Å²) in [6, 6.07) is 19.2. The molecule has 0 saturated carbocycles. The van der Waals surface area contributed by atoms with Gasteiger partial charge in [0.05, 0.1) is 18.5 Å². The molecule has 3 heterocycles. The minimum absolute atomic E-state index is 0.190. The molecule has 0 aliphatic carbocycles. The van der Waals surface area contributed by atoms with Gasteiger partial charge in [-0.25, -0.2) is 9.20 Å². The predicted molar refractivity (Wildman–Crippen MR) is 111 cm³/mol. The predicted octanol–water partition coefficient (Wildman–Crippen LogP) is 2.62. The molecule has 1 N–H and O–H groups in total. The molecule has 0 radical (unpaired) electrons. The number of furan rings is 1. The summed E-state index contributed by atoms with van der Waals surface area (Å²) in [5, 5.41) is 13.4. The highest BCUT2D eigenvalue weighted by molar-refractivity contribution is 5.96. The lowest BCUT2D eigenvalue weighted by atomic mass is 10.0. The first-order valence-corrected chi connectivity index (χ1v) is 9.42. The van der Waals surface area contributed by atoms with Crippen molar-refractivity contribution in [2.75, 3.05) is 0 Å². The van der Waals surface area contributed by atoms with Crippen LogP contribution in [0, 0.1) is 0 Å². The molecule has 0 aliphatic heterocycles. The first-order valence-electron chi connectivity index (χ1n) is 9.42. The zero-order chi connectivity index (χ0) is 20.5. The number of carbonyl (C=O) groups excluding carboxylic acids is 1. The minimum Gasteiger partial charge on any atom is -0.467 e. The fourth-order valence-electron chi connectivity index (χ4n) is 3.42. The van der Waals surface area contributed by atoms with Crippen LogP contribution >= 0.6 is 0 Å². The highest BCUT2D eigenvalue weighted by Gasteiger charge is 2.13. The zero-order valence-corrected chi connectivity index (χ0v) is 15.9. The molecule has 148 valence electrons. The molecule has 0 spiro atoms. The highest BCUT2D eigenvalue weighted by Crippen LogP contribution is 2.27. The molecule has 30 heavy (non-hydrogen) atoms. The molecular weight excluding hydrogens is 382 g/mol. The second kappa shape index (κ2) is 7.32. The molecule has 0 aliphatic rings. The second-order valence-electron chi connectivity index (χ2n) is 6.84. The third-order valence-electron chi connectivity index (χ3n) is 4.89. The van der Waals surface area contributed by atoms with Crippen molar-refractivity contribution < 1.29 is 9.21 Å². The van der Waals surface area contributed by atoms with E-state index in [2.05, 4.69) is 15.5 Å². The highest BCUT2D eigenvalue weighted by atomic mass is 16.3. The first kappa shape index (κ1) is 17.9. The minimum atomic E-state index is -0.385. The zero-order valence-electron chi connectivity index (χ0n) is 15.9. The van der Waals surface area contributed by atoms with Gasteiger partial charge in [-0.15, -0.1) is 0 Å². The third-order valence-corrected chi connectivity index (χ3v) is 4.89. The lowest BCUT2D eigenvalue weighted by Crippen LogP contribution is -2.33. The second-order valence-corrected chi connectivity index (χ2v) is 6.84. The number of hydrogen-bond acceptors (Lipinski definition) is 5. The number of benzene rings is 2. The molecule has 8 nitrogen and oxygen atoms in total. The smallest absolute Gasteiger partial charge is 0.293 e. The molecule has 0 saturated heterocycles. The average molecular weight is 399 g/mol. The van der Waals surface area contributed by atoms with Crippen molar-refractivity contribution in [2.24, 2.45) is 0 Å². The van der Waals surface area contributed by atoms with Crippen molar-refractivity contribution in [1.82, 2.24) is 24.7 Å². The summed E-state index contributed by atoms with van der Waals surface area (Å²) in [6.07, 6.45) is 2.97. The molecule has 2 aromatic carbocycles. The molecule has 5 rings (SSSR count). The lowest BCUT2D eigenvalue weighted by molar-refractivity contribution is -0.122. The summed E-state index contributed by atoms with van der Waals surface area (Å²) in [5.74, 6) is 0.300. The fraction of sp³-hybridized carbons (Fsp3) is 0.0909. The van der Waals surface area contributed by atoms with Crippen molar-refractivity contribution in [3.05, 3.63) is 89.4 Å². The van der Waals surface area contributed by atoms with Crippen molar-refractivity contribution in [3.8, 4) is 11.3 Å². The largest absolute Gasteiger partial charge is 0.467 e. The van der Waals surface area contributed by atoms with E-state index in [0.29, 0.717) is 17.0 Å². The Bertz CT molecular complexity index is 1410.